The van der Waals surface area contributed by atoms with E-state index >= 15 is 0 Å². The first kappa shape index (κ1) is 16.3. The number of rotatable bonds is 4. The molecular weight excluding hydrogens is 288 g/mol. The van der Waals surface area contributed by atoms with Gasteiger partial charge in [-0.3, -0.25) is 4.90 Å². The average Bonchev–Trinajstić information content (AvgIpc) is 2.50. The third-order valence-corrected chi connectivity index (χ3v) is 5.09. The summed E-state index contributed by atoms with van der Waals surface area (Å²) in [7, 11) is 0. The molecule has 4 heteroatoms. The van der Waals surface area contributed by atoms with Crippen LogP contribution in [0, 0.1) is 11.8 Å². The van der Waals surface area contributed by atoms with Crippen molar-refractivity contribution in [3.63, 3.8) is 0 Å². The van der Waals surface area contributed by atoms with Crippen molar-refractivity contribution in [2.45, 2.75) is 51.8 Å². The molecule has 2 atom stereocenters. The molecule has 0 aromatic heterocycles. The van der Waals surface area contributed by atoms with Gasteiger partial charge in [-0.2, -0.15) is 0 Å². The van der Waals surface area contributed by atoms with Gasteiger partial charge in [-0.1, -0.05) is 44.2 Å². The molecule has 2 fully saturated rings. The average molecular weight is 316 g/mol. The fourth-order valence-electron chi connectivity index (χ4n) is 3.88. The maximum atomic E-state index is 12.1. The Kier molecular flexibility index (Phi) is 5.21. The number of ether oxygens (including phenoxy) is 1. The summed E-state index contributed by atoms with van der Waals surface area (Å²) in [6.07, 6.45) is 3.35. The molecule has 1 heterocycles. The van der Waals surface area contributed by atoms with Crippen molar-refractivity contribution in [3.05, 3.63) is 35.9 Å². The van der Waals surface area contributed by atoms with Gasteiger partial charge in [0.2, 0.25) is 0 Å². The smallest absolute Gasteiger partial charge is 0.407 e. The Balaban J connectivity index is 1.45. The molecule has 1 amide bonds. The van der Waals surface area contributed by atoms with Crippen LogP contribution in [0.4, 0.5) is 4.79 Å². The lowest BCUT2D eigenvalue weighted by Crippen LogP contribution is -2.56. The van der Waals surface area contributed by atoms with E-state index in [-0.39, 0.29) is 12.1 Å². The summed E-state index contributed by atoms with van der Waals surface area (Å²) in [6.45, 7) is 7.05. The van der Waals surface area contributed by atoms with Crippen molar-refractivity contribution >= 4 is 6.09 Å². The van der Waals surface area contributed by atoms with E-state index in [1.807, 2.05) is 30.3 Å². The third kappa shape index (κ3) is 4.47. The van der Waals surface area contributed by atoms with Crippen LogP contribution in [0.25, 0.3) is 0 Å². The fourth-order valence-corrected chi connectivity index (χ4v) is 3.88. The zero-order chi connectivity index (χ0) is 16.2. The summed E-state index contributed by atoms with van der Waals surface area (Å²) in [5.74, 6) is 1.48. The van der Waals surface area contributed by atoms with Gasteiger partial charge in [0.25, 0.3) is 0 Å². The first-order chi connectivity index (χ1) is 11.1. The molecule has 0 bridgehead atoms. The number of hydrogen-bond acceptors (Lipinski definition) is 3. The number of carbonyl (C=O) groups excluding carboxylic acids is 1. The summed E-state index contributed by atoms with van der Waals surface area (Å²) < 4.78 is 5.35. The Hall–Kier alpha value is -1.55. The second-order valence-electron chi connectivity index (χ2n) is 7.43. The number of nitrogens with zero attached hydrogens (tertiary/aromatic N) is 1. The molecule has 1 saturated carbocycles. The van der Waals surface area contributed by atoms with Gasteiger partial charge in [0.15, 0.2) is 0 Å². The first-order valence-corrected chi connectivity index (χ1v) is 8.81. The Morgan fingerprint density at radius 3 is 2.57 bits per heavy atom. The fraction of sp³-hybridized carbons (Fsp3) is 0.632. The molecule has 0 spiro atoms. The van der Waals surface area contributed by atoms with Crippen molar-refractivity contribution in [2.75, 3.05) is 13.1 Å². The lowest BCUT2D eigenvalue weighted by atomic mass is 9.79. The van der Waals surface area contributed by atoms with E-state index in [4.69, 9.17) is 4.74 Å². The highest BCUT2D eigenvalue weighted by Crippen LogP contribution is 2.33. The molecule has 126 valence electrons. The molecule has 4 nitrogen and oxygen atoms in total. The van der Waals surface area contributed by atoms with Crippen LogP contribution in [-0.4, -0.2) is 36.2 Å². The van der Waals surface area contributed by atoms with Crippen LogP contribution in [-0.2, 0) is 11.3 Å². The highest BCUT2D eigenvalue weighted by Gasteiger charge is 2.35. The van der Waals surface area contributed by atoms with Gasteiger partial charge in [-0.05, 0) is 36.7 Å². The number of benzene rings is 1. The van der Waals surface area contributed by atoms with E-state index in [0.717, 1.165) is 37.0 Å². The SMILES string of the molecule is CC1CC(N2CC(C)CC(NC(=O)OCc3ccccc3)C2)C1. The van der Waals surface area contributed by atoms with Crippen molar-refractivity contribution in [3.8, 4) is 0 Å². The molecular formula is C19H28N2O2. The lowest BCUT2D eigenvalue weighted by Gasteiger charge is -2.47. The monoisotopic (exact) mass is 316 g/mol. The van der Waals surface area contributed by atoms with Gasteiger partial charge < -0.3 is 10.1 Å². The van der Waals surface area contributed by atoms with E-state index in [1.165, 1.54) is 12.8 Å². The summed E-state index contributed by atoms with van der Waals surface area (Å²) in [5.41, 5.74) is 1.02. The number of piperidine rings is 1. The molecule has 1 aliphatic carbocycles. The molecule has 23 heavy (non-hydrogen) atoms. The van der Waals surface area contributed by atoms with E-state index in [2.05, 4.69) is 24.1 Å². The number of carbonyl (C=O) groups is 1. The topological polar surface area (TPSA) is 41.6 Å². The van der Waals surface area contributed by atoms with Gasteiger partial charge in [0.1, 0.15) is 6.61 Å². The van der Waals surface area contributed by atoms with E-state index < -0.39 is 0 Å². The first-order valence-electron chi connectivity index (χ1n) is 8.81. The number of amides is 1. The highest BCUT2D eigenvalue weighted by molar-refractivity contribution is 5.67. The minimum Gasteiger partial charge on any atom is -0.445 e. The predicted octanol–water partition coefficient (Wildman–Crippen LogP) is 3.42. The molecule has 1 N–H and O–H groups in total. The molecule has 2 aliphatic rings. The number of nitrogens with one attached hydrogen (secondary N) is 1. The summed E-state index contributed by atoms with van der Waals surface area (Å²) in [4.78, 5) is 14.6. The van der Waals surface area contributed by atoms with Crippen molar-refractivity contribution in [1.82, 2.24) is 10.2 Å². The quantitative estimate of drug-likeness (QED) is 0.925. The molecule has 2 unspecified atom stereocenters. The van der Waals surface area contributed by atoms with E-state index in [0.29, 0.717) is 12.5 Å². The van der Waals surface area contributed by atoms with Crippen LogP contribution in [0.5, 0.6) is 0 Å². The minimum atomic E-state index is -0.296. The van der Waals surface area contributed by atoms with Gasteiger partial charge >= 0.3 is 6.09 Å². The molecule has 1 aromatic rings. The van der Waals surface area contributed by atoms with Gasteiger partial charge in [0.05, 0.1) is 0 Å². The Labute approximate surface area is 139 Å². The normalized spacial score (nSPS) is 31.2. The lowest BCUT2D eigenvalue weighted by molar-refractivity contribution is 0.0359. The predicted molar refractivity (Wildman–Crippen MR) is 91.1 cm³/mol. The molecule has 1 aliphatic heterocycles. The minimum absolute atomic E-state index is 0.206. The maximum Gasteiger partial charge on any atom is 0.407 e. The van der Waals surface area contributed by atoms with E-state index in [9.17, 15) is 4.79 Å². The van der Waals surface area contributed by atoms with Gasteiger partial charge in [0, 0.05) is 25.2 Å². The molecule has 0 radical (unpaired) electrons. The van der Waals surface area contributed by atoms with Crippen LogP contribution in [0.1, 0.15) is 38.7 Å². The number of alkyl carbamates (subject to hydrolysis) is 1. The largest absolute Gasteiger partial charge is 0.445 e. The molecule has 3 rings (SSSR count). The summed E-state index contributed by atoms with van der Waals surface area (Å²) in [6, 6.07) is 10.7. The van der Waals surface area contributed by atoms with Gasteiger partial charge in [-0.25, -0.2) is 4.79 Å². The molecule has 1 saturated heterocycles. The van der Waals surface area contributed by atoms with Crippen LogP contribution < -0.4 is 5.32 Å². The maximum absolute atomic E-state index is 12.1. The van der Waals surface area contributed by atoms with Crippen molar-refractivity contribution < 1.29 is 9.53 Å². The summed E-state index contributed by atoms with van der Waals surface area (Å²) in [5, 5.41) is 3.06. The Morgan fingerprint density at radius 2 is 1.87 bits per heavy atom. The Bertz CT molecular complexity index is 513. The summed E-state index contributed by atoms with van der Waals surface area (Å²) >= 11 is 0. The van der Waals surface area contributed by atoms with Crippen LogP contribution in [0.2, 0.25) is 0 Å². The molecule has 1 aromatic carbocycles. The van der Waals surface area contributed by atoms with E-state index in [1.54, 1.807) is 0 Å². The standard InChI is InChI=1S/C19H28N2O2/c1-14-9-18(10-14)21-11-15(2)8-17(12-21)20-19(22)23-13-16-6-4-3-5-7-16/h3-7,14-15,17-18H,8-13H2,1-2H3,(H,20,22). The highest BCUT2D eigenvalue weighted by atomic mass is 16.5. The van der Waals surface area contributed by atoms with Crippen LogP contribution >= 0.6 is 0 Å². The number of hydrogen-bond donors (Lipinski definition) is 1. The van der Waals surface area contributed by atoms with Crippen molar-refractivity contribution in [1.29, 1.82) is 0 Å². The van der Waals surface area contributed by atoms with Crippen LogP contribution in [0.3, 0.4) is 0 Å². The van der Waals surface area contributed by atoms with Crippen molar-refractivity contribution in [2.24, 2.45) is 11.8 Å². The number of likely N-dealkylation sites (tertiary alicyclic amines) is 1. The Morgan fingerprint density at radius 1 is 1.13 bits per heavy atom. The second kappa shape index (κ2) is 7.35. The second-order valence-corrected chi connectivity index (χ2v) is 7.43. The third-order valence-electron chi connectivity index (χ3n) is 5.09. The zero-order valence-corrected chi connectivity index (χ0v) is 14.2. The van der Waals surface area contributed by atoms with Gasteiger partial charge in [-0.15, -0.1) is 0 Å². The zero-order valence-electron chi connectivity index (χ0n) is 14.2. The van der Waals surface area contributed by atoms with Crippen LogP contribution in [0.15, 0.2) is 30.3 Å².